The van der Waals surface area contributed by atoms with E-state index in [-0.39, 0.29) is 30.0 Å². The number of nitrogens with zero attached hydrogens (tertiary/aromatic N) is 2. The lowest BCUT2D eigenvalue weighted by atomic mass is 10.1. The van der Waals surface area contributed by atoms with Crippen LogP contribution < -0.4 is 20.1 Å². The molecule has 1 unspecified atom stereocenters. The van der Waals surface area contributed by atoms with Gasteiger partial charge in [-0.2, -0.15) is 0 Å². The number of hydrogen-bond donors (Lipinski definition) is 2. The lowest BCUT2D eigenvalue weighted by Crippen LogP contribution is -2.43. The van der Waals surface area contributed by atoms with Gasteiger partial charge in [-0.3, -0.25) is 4.99 Å². The fourth-order valence-corrected chi connectivity index (χ4v) is 2.72. The van der Waals surface area contributed by atoms with E-state index in [4.69, 9.17) is 9.47 Å². The third-order valence-electron chi connectivity index (χ3n) is 4.19. The molecule has 2 rings (SSSR count). The Hall–Kier alpha value is -2.00. The molecule has 0 aliphatic heterocycles. The zero-order chi connectivity index (χ0) is 19.5. The molecule has 0 amide bonds. The maximum absolute atomic E-state index is 5.69. The largest absolute Gasteiger partial charge is 0.497 e. The monoisotopic (exact) mass is 498 g/mol. The van der Waals surface area contributed by atoms with Gasteiger partial charge in [-0.05, 0) is 43.9 Å². The number of hydrogen-bond acceptors (Lipinski definition) is 4. The summed E-state index contributed by atoms with van der Waals surface area (Å²) in [5, 5.41) is 6.66. The molecule has 0 radical (unpaired) electrons. The fraction of sp³-hybridized carbons (Fsp3) is 0.381. The Morgan fingerprint density at radius 1 is 1.04 bits per heavy atom. The SMILES string of the molecule is CN=C(NCCOc1ccccc1)NCC(c1cccc(OC)c1)N(C)C.I. The van der Waals surface area contributed by atoms with Gasteiger partial charge in [0.05, 0.1) is 19.7 Å². The van der Waals surface area contributed by atoms with E-state index in [1.54, 1.807) is 14.2 Å². The van der Waals surface area contributed by atoms with Gasteiger partial charge >= 0.3 is 0 Å². The molecule has 28 heavy (non-hydrogen) atoms. The number of para-hydroxylation sites is 1. The van der Waals surface area contributed by atoms with Crippen LogP contribution in [0, 0.1) is 0 Å². The van der Waals surface area contributed by atoms with Gasteiger partial charge < -0.3 is 25.0 Å². The van der Waals surface area contributed by atoms with Crippen molar-refractivity contribution in [1.82, 2.24) is 15.5 Å². The van der Waals surface area contributed by atoms with Gasteiger partial charge in [-0.15, -0.1) is 24.0 Å². The third-order valence-corrected chi connectivity index (χ3v) is 4.19. The lowest BCUT2D eigenvalue weighted by Gasteiger charge is -2.26. The average molecular weight is 498 g/mol. The van der Waals surface area contributed by atoms with Gasteiger partial charge in [0.25, 0.3) is 0 Å². The standard InChI is InChI=1S/C21H30N4O2.HI/c1-22-21(23-13-14-27-18-10-6-5-7-11-18)24-16-20(25(2)3)17-9-8-12-19(15-17)26-4;/h5-12,15,20H,13-14,16H2,1-4H3,(H2,22,23,24);1H. The Morgan fingerprint density at radius 3 is 2.39 bits per heavy atom. The van der Waals surface area contributed by atoms with Crippen molar-refractivity contribution in [1.29, 1.82) is 0 Å². The number of likely N-dealkylation sites (N-methyl/N-ethyl adjacent to an activating group) is 1. The van der Waals surface area contributed by atoms with E-state index in [0.29, 0.717) is 13.2 Å². The molecule has 7 heteroatoms. The van der Waals surface area contributed by atoms with E-state index in [1.165, 1.54) is 5.56 Å². The Labute approximate surface area is 185 Å². The van der Waals surface area contributed by atoms with Crippen molar-refractivity contribution in [3.8, 4) is 11.5 Å². The second kappa shape index (κ2) is 13.2. The average Bonchev–Trinajstić information content (AvgIpc) is 2.70. The molecule has 0 spiro atoms. The molecule has 0 aromatic heterocycles. The number of rotatable bonds is 9. The van der Waals surface area contributed by atoms with E-state index in [9.17, 15) is 0 Å². The van der Waals surface area contributed by atoms with Crippen LogP contribution in [0.5, 0.6) is 11.5 Å². The van der Waals surface area contributed by atoms with Crippen LogP contribution in [-0.2, 0) is 0 Å². The van der Waals surface area contributed by atoms with E-state index in [2.05, 4.69) is 46.8 Å². The minimum absolute atomic E-state index is 0. The highest BCUT2D eigenvalue weighted by atomic mass is 127. The Kier molecular flexibility index (Phi) is 11.4. The predicted molar refractivity (Wildman–Crippen MR) is 126 cm³/mol. The number of methoxy groups -OCH3 is 1. The van der Waals surface area contributed by atoms with Crippen molar-refractivity contribution in [3.05, 3.63) is 60.2 Å². The van der Waals surface area contributed by atoms with Gasteiger partial charge in [-0.1, -0.05) is 30.3 Å². The first-order valence-corrected chi connectivity index (χ1v) is 9.06. The smallest absolute Gasteiger partial charge is 0.191 e. The Balaban J connectivity index is 0.00000392. The van der Waals surface area contributed by atoms with Gasteiger partial charge in [-0.25, -0.2) is 0 Å². The summed E-state index contributed by atoms with van der Waals surface area (Å²) in [7, 11) is 7.58. The van der Waals surface area contributed by atoms with Crippen molar-refractivity contribution in [2.75, 3.05) is 47.9 Å². The number of benzene rings is 2. The first-order chi connectivity index (χ1) is 13.1. The predicted octanol–water partition coefficient (Wildman–Crippen LogP) is 3.16. The maximum Gasteiger partial charge on any atom is 0.191 e. The molecule has 0 fully saturated rings. The summed E-state index contributed by atoms with van der Waals surface area (Å²) in [5.41, 5.74) is 1.19. The van der Waals surface area contributed by atoms with Crippen molar-refractivity contribution in [2.24, 2.45) is 4.99 Å². The summed E-state index contributed by atoms with van der Waals surface area (Å²) in [6, 6.07) is 18.1. The first-order valence-electron chi connectivity index (χ1n) is 9.06. The highest BCUT2D eigenvalue weighted by molar-refractivity contribution is 14.0. The van der Waals surface area contributed by atoms with Crippen LogP contribution >= 0.6 is 24.0 Å². The topological polar surface area (TPSA) is 58.1 Å². The van der Waals surface area contributed by atoms with E-state index in [0.717, 1.165) is 24.0 Å². The van der Waals surface area contributed by atoms with Crippen LogP contribution in [0.1, 0.15) is 11.6 Å². The molecule has 2 N–H and O–H groups in total. The number of nitrogens with one attached hydrogen (secondary N) is 2. The summed E-state index contributed by atoms with van der Waals surface area (Å²) in [6.07, 6.45) is 0. The molecule has 0 aliphatic carbocycles. The summed E-state index contributed by atoms with van der Waals surface area (Å²) >= 11 is 0. The van der Waals surface area contributed by atoms with E-state index < -0.39 is 0 Å². The number of halogens is 1. The molecule has 1 atom stereocenters. The molecule has 0 saturated heterocycles. The van der Waals surface area contributed by atoms with Crippen LogP contribution in [0.25, 0.3) is 0 Å². The third kappa shape index (κ3) is 7.93. The quantitative estimate of drug-likeness (QED) is 0.241. The highest BCUT2D eigenvalue weighted by Gasteiger charge is 2.15. The van der Waals surface area contributed by atoms with Crippen LogP contribution in [-0.4, -0.2) is 58.8 Å². The number of aliphatic imine (C=N–C) groups is 1. The summed E-state index contributed by atoms with van der Waals surface area (Å²) in [5.74, 6) is 2.48. The Morgan fingerprint density at radius 2 is 1.75 bits per heavy atom. The van der Waals surface area contributed by atoms with Crippen LogP contribution in [0.2, 0.25) is 0 Å². The second-order valence-corrected chi connectivity index (χ2v) is 6.30. The van der Waals surface area contributed by atoms with Crippen LogP contribution in [0.3, 0.4) is 0 Å². The molecular formula is C21H31IN4O2. The van der Waals surface area contributed by atoms with E-state index >= 15 is 0 Å². The maximum atomic E-state index is 5.69. The molecule has 154 valence electrons. The Bertz CT molecular complexity index is 711. The van der Waals surface area contributed by atoms with Crippen LogP contribution in [0.4, 0.5) is 0 Å². The van der Waals surface area contributed by atoms with E-state index in [1.807, 2.05) is 42.5 Å². The molecule has 2 aromatic rings. The van der Waals surface area contributed by atoms with Gasteiger partial charge in [0.1, 0.15) is 18.1 Å². The lowest BCUT2D eigenvalue weighted by molar-refractivity contribution is 0.296. The van der Waals surface area contributed by atoms with Crippen molar-refractivity contribution in [2.45, 2.75) is 6.04 Å². The molecule has 0 heterocycles. The summed E-state index contributed by atoms with van der Waals surface area (Å²) in [6.45, 7) is 1.96. The molecule has 0 bridgehead atoms. The second-order valence-electron chi connectivity index (χ2n) is 6.30. The minimum Gasteiger partial charge on any atom is -0.497 e. The summed E-state index contributed by atoms with van der Waals surface area (Å²) < 4.78 is 11.0. The molecular weight excluding hydrogens is 467 g/mol. The first kappa shape index (κ1) is 24.0. The molecule has 0 aliphatic rings. The zero-order valence-corrected chi connectivity index (χ0v) is 19.3. The van der Waals surface area contributed by atoms with Crippen molar-refractivity contribution >= 4 is 29.9 Å². The zero-order valence-electron chi connectivity index (χ0n) is 17.0. The summed E-state index contributed by atoms with van der Waals surface area (Å²) in [4.78, 5) is 6.46. The fourth-order valence-electron chi connectivity index (χ4n) is 2.72. The number of guanidine groups is 1. The van der Waals surface area contributed by atoms with Crippen molar-refractivity contribution in [3.63, 3.8) is 0 Å². The molecule has 0 saturated carbocycles. The minimum atomic E-state index is 0. The van der Waals surface area contributed by atoms with Gasteiger partial charge in [0.15, 0.2) is 5.96 Å². The van der Waals surface area contributed by atoms with Crippen LogP contribution in [0.15, 0.2) is 59.6 Å². The normalized spacial score (nSPS) is 12.1. The molecule has 2 aromatic carbocycles. The van der Waals surface area contributed by atoms with Gasteiger partial charge in [0.2, 0.25) is 0 Å². The molecule has 6 nitrogen and oxygen atoms in total. The van der Waals surface area contributed by atoms with Crippen molar-refractivity contribution < 1.29 is 9.47 Å². The highest BCUT2D eigenvalue weighted by Crippen LogP contribution is 2.22. The van der Waals surface area contributed by atoms with Gasteiger partial charge in [0, 0.05) is 13.6 Å². The number of ether oxygens (including phenoxy) is 2.